The van der Waals surface area contributed by atoms with Crippen molar-refractivity contribution in [3.05, 3.63) is 24.3 Å². The first-order valence-corrected chi connectivity index (χ1v) is 6.97. The number of hydrogen-bond acceptors (Lipinski definition) is 7. The normalized spacial score (nSPS) is 11.0. The van der Waals surface area contributed by atoms with Crippen LogP contribution in [-0.2, 0) is 28.9 Å². The van der Waals surface area contributed by atoms with Crippen molar-refractivity contribution in [2.24, 2.45) is 0 Å². The van der Waals surface area contributed by atoms with Crippen LogP contribution in [0.25, 0.3) is 0 Å². The van der Waals surface area contributed by atoms with Crippen LogP contribution in [0.4, 0.5) is 0 Å². The minimum Gasteiger partial charge on any atom is -0.495 e. The van der Waals surface area contributed by atoms with Crippen LogP contribution in [0.15, 0.2) is 29.2 Å². The SMILES string of the molecule is COC(=O)C(C(=O)OC)S(=O)(=O)c1ccccc1OC. The molecule has 1 aromatic rings. The van der Waals surface area contributed by atoms with Gasteiger partial charge in [0.05, 0.1) is 21.3 Å². The number of carbonyl (C=O) groups is 2. The molecule has 0 fully saturated rings. The van der Waals surface area contributed by atoms with Gasteiger partial charge in [-0.1, -0.05) is 12.1 Å². The molecular formula is C12H14O7S. The lowest BCUT2D eigenvalue weighted by molar-refractivity contribution is -0.150. The summed E-state index contributed by atoms with van der Waals surface area (Å²) in [5, 5.41) is -2.09. The van der Waals surface area contributed by atoms with Crippen LogP contribution in [0.2, 0.25) is 0 Å². The van der Waals surface area contributed by atoms with E-state index in [-0.39, 0.29) is 10.6 Å². The number of esters is 2. The Bertz CT molecular complexity index is 590. The van der Waals surface area contributed by atoms with E-state index >= 15 is 0 Å². The number of rotatable bonds is 5. The summed E-state index contributed by atoms with van der Waals surface area (Å²) in [6.07, 6.45) is 0. The highest BCUT2D eigenvalue weighted by molar-refractivity contribution is 7.93. The van der Waals surface area contributed by atoms with Crippen LogP contribution >= 0.6 is 0 Å². The Balaban J connectivity index is 3.44. The van der Waals surface area contributed by atoms with Crippen molar-refractivity contribution >= 4 is 21.8 Å². The summed E-state index contributed by atoms with van der Waals surface area (Å²) < 4.78 is 38.5. The minimum atomic E-state index is -4.34. The molecule has 0 aliphatic rings. The lowest BCUT2D eigenvalue weighted by atomic mass is 10.3. The predicted octanol–water partition coefficient (Wildman–Crippen LogP) is 0.183. The van der Waals surface area contributed by atoms with E-state index in [1.54, 1.807) is 6.07 Å². The Hall–Kier alpha value is -2.09. The van der Waals surface area contributed by atoms with Crippen molar-refractivity contribution in [2.45, 2.75) is 10.1 Å². The van der Waals surface area contributed by atoms with Gasteiger partial charge in [0.25, 0.3) is 5.25 Å². The molecule has 0 radical (unpaired) electrons. The average molecular weight is 302 g/mol. The van der Waals surface area contributed by atoms with Gasteiger partial charge in [-0.3, -0.25) is 9.59 Å². The molecule has 0 saturated heterocycles. The predicted molar refractivity (Wildman–Crippen MR) is 68.0 cm³/mol. The first-order valence-electron chi connectivity index (χ1n) is 5.42. The Morgan fingerprint density at radius 3 is 1.95 bits per heavy atom. The second-order valence-electron chi connectivity index (χ2n) is 3.62. The van der Waals surface area contributed by atoms with Crippen molar-refractivity contribution in [3.63, 3.8) is 0 Å². The molecule has 0 amide bonds. The first kappa shape index (κ1) is 16.0. The van der Waals surface area contributed by atoms with Gasteiger partial charge in [-0.05, 0) is 12.1 Å². The molecule has 0 aliphatic carbocycles. The standard InChI is InChI=1S/C12H14O7S/c1-17-8-6-4-5-7-9(8)20(15,16)10(11(13)18-2)12(14)19-3/h4-7,10H,1-3H3. The topological polar surface area (TPSA) is 96.0 Å². The quantitative estimate of drug-likeness (QED) is 0.565. The van der Waals surface area contributed by atoms with Crippen molar-refractivity contribution < 1.29 is 32.2 Å². The van der Waals surface area contributed by atoms with E-state index < -0.39 is 27.0 Å². The molecule has 110 valence electrons. The number of para-hydroxylation sites is 1. The average Bonchev–Trinajstić information content (AvgIpc) is 2.46. The summed E-state index contributed by atoms with van der Waals surface area (Å²) in [5.74, 6) is -2.42. The molecule has 0 heterocycles. The maximum absolute atomic E-state index is 12.4. The molecule has 0 unspecified atom stereocenters. The second-order valence-corrected chi connectivity index (χ2v) is 5.62. The van der Waals surface area contributed by atoms with E-state index in [0.717, 1.165) is 14.2 Å². The largest absolute Gasteiger partial charge is 0.495 e. The van der Waals surface area contributed by atoms with Gasteiger partial charge in [-0.2, -0.15) is 0 Å². The molecule has 1 aromatic carbocycles. The number of benzene rings is 1. The number of ether oxygens (including phenoxy) is 3. The van der Waals surface area contributed by atoms with Crippen LogP contribution in [0.3, 0.4) is 0 Å². The van der Waals surface area contributed by atoms with Crippen molar-refractivity contribution in [2.75, 3.05) is 21.3 Å². The fraction of sp³-hybridized carbons (Fsp3) is 0.333. The molecule has 0 aromatic heterocycles. The highest BCUT2D eigenvalue weighted by Crippen LogP contribution is 2.27. The Kier molecular flexibility index (Phi) is 5.09. The van der Waals surface area contributed by atoms with E-state index in [1.807, 2.05) is 0 Å². The lowest BCUT2D eigenvalue weighted by Gasteiger charge is -2.15. The maximum Gasteiger partial charge on any atom is 0.336 e. The zero-order chi connectivity index (χ0) is 15.3. The van der Waals surface area contributed by atoms with E-state index in [2.05, 4.69) is 9.47 Å². The summed E-state index contributed by atoms with van der Waals surface area (Å²) >= 11 is 0. The fourth-order valence-corrected chi connectivity index (χ4v) is 3.20. The summed E-state index contributed by atoms with van der Waals surface area (Å²) in [6.45, 7) is 0. The van der Waals surface area contributed by atoms with E-state index in [0.29, 0.717) is 0 Å². The monoisotopic (exact) mass is 302 g/mol. The molecule has 0 N–H and O–H groups in total. The van der Waals surface area contributed by atoms with Crippen LogP contribution in [-0.4, -0.2) is 46.9 Å². The van der Waals surface area contributed by atoms with E-state index in [9.17, 15) is 18.0 Å². The molecular weight excluding hydrogens is 288 g/mol. The smallest absolute Gasteiger partial charge is 0.336 e. The third kappa shape index (κ3) is 2.90. The minimum absolute atomic E-state index is 0.0188. The molecule has 0 saturated carbocycles. The summed E-state index contributed by atoms with van der Waals surface area (Å²) in [5.41, 5.74) is 0. The molecule has 0 atom stereocenters. The van der Waals surface area contributed by atoms with Crippen LogP contribution < -0.4 is 4.74 Å². The summed E-state index contributed by atoms with van der Waals surface area (Å²) in [6, 6.07) is 5.63. The number of hydrogen-bond donors (Lipinski definition) is 0. The molecule has 0 bridgehead atoms. The number of sulfone groups is 1. The maximum atomic E-state index is 12.4. The Morgan fingerprint density at radius 2 is 1.50 bits per heavy atom. The van der Waals surface area contributed by atoms with Crippen LogP contribution in [0.5, 0.6) is 5.75 Å². The molecule has 1 rings (SSSR count). The third-order valence-electron chi connectivity index (χ3n) is 2.52. The first-order chi connectivity index (χ1) is 9.39. The molecule has 8 heteroatoms. The highest BCUT2D eigenvalue weighted by atomic mass is 32.2. The van der Waals surface area contributed by atoms with Gasteiger partial charge in [-0.25, -0.2) is 8.42 Å². The van der Waals surface area contributed by atoms with Gasteiger partial charge in [0.15, 0.2) is 0 Å². The van der Waals surface area contributed by atoms with E-state index in [1.165, 1.54) is 25.3 Å². The van der Waals surface area contributed by atoms with E-state index in [4.69, 9.17) is 4.74 Å². The van der Waals surface area contributed by atoms with Gasteiger partial charge in [0.2, 0.25) is 9.84 Å². The molecule has 0 aliphatic heterocycles. The number of methoxy groups -OCH3 is 3. The molecule has 20 heavy (non-hydrogen) atoms. The van der Waals surface area contributed by atoms with Crippen LogP contribution in [0.1, 0.15) is 0 Å². The zero-order valence-corrected chi connectivity index (χ0v) is 12.0. The second kappa shape index (κ2) is 6.38. The Labute approximate surface area is 116 Å². The molecule has 0 spiro atoms. The Morgan fingerprint density at radius 1 is 1.00 bits per heavy atom. The van der Waals surface area contributed by atoms with Crippen LogP contribution in [0, 0.1) is 0 Å². The van der Waals surface area contributed by atoms with Gasteiger partial charge < -0.3 is 14.2 Å². The fourth-order valence-electron chi connectivity index (χ4n) is 1.54. The number of carbonyl (C=O) groups excluding carboxylic acids is 2. The summed E-state index contributed by atoms with van der Waals surface area (Å²) in [7, 11) is -1.10. The van der Waals surface area contributed by atoms with Gasteiger partial charge in [0, 0.05) is 0 Å². The van der Waals surface area contributed by atoms with Crippen molar-refractivity contribution in [1.29, 1.82) is 0 Å². The summed E-state index contributed by atoms with van der Waals surface area (Å²) in [4.78, 5) is 22.9. The van der Waals surface area contributed by atoms with Crippen molar-refractivity contribution in [1.82, 2.24) is 0 Å². The van der Waals surface area contributed by atoms with Crippen molar-refractivity contribution in [3.8, 4) is 5.75 Å². The van der Waals surface area contributed by atoms with Gasteiger partial charge >= 0.3 is 11.9 Å². The van der Waals surface area contributed by atoms with Gasteiger partial charge in [0.1, 0.15) is 10.6 Å². The molecule has 7 nitrogen and oxygen atoms in total. The third-order valence-corrected chi connectivity index (χ3v) is 4.47. The van der Waals surface area contributed by atoms with Gasteiger partial charge in [-0.15, -0.1) is 0 Å². The lowest BCUT2D eigenvalue weighted by Crippen LogP contribution is -2.39. The zero-order valence-electron chi connectivity index (χ0n) is 11.2. The highest BCUT2D eigenvalue weighted by Gasteiger charge is 2.43.